The number of para-hydroxylation sites is 1. The van der Waals surface area contributed by atoms with Crippen LogP contribution in [0.5, 0.6) is 0 Å². The van der Waals surface area contributed by atoms with E-state index in [0.29, 0.717) is 17.5 Å². The fourth-order valence-corrected chi connectivity index (χ4v) is 4.09. The minimum Gasteiger partial charge on any atom is -0.385 e. The van der Waals surface area contributed by atoms with Crippen molar-refractivity contribution in [2.24, 2.45) is 21.6 Å². The summed E-state index contributed by atoms with van der Waals surface area (Å²) >= 11 is 0. The van der Waals surface area contributed by atoms with Crippen molar-refractivity contribution in [3.8, 4) is 0 Å². The Kier molecular flexibility index (Phi) is 9.33. The number of benzene rings is 1. The van der Waals surface area contributed by atoms with Gasteiger partial charge in [0.25, 0.3) is 0 Å². The van der Waals surface area contributed by atoms with Crippen LogP contribution in [0.25, 0.3) is 5.70 Å². The quantitative estimate of drug-likeness (QED) is 0.230. The largest absolute Gasteiger partial charge is 0.385 e. The number of aliphatic imine (C=N–C) groups is 2. The minimum atomic E-state index is 0.432. The molecule has 1 aromatic heterocycles. The van der Waals surface area contributed by atoms with Gasteiger partial charge in [0.1, 0.15) is 17.2 Å². The van der Waals surface area contributed by atoms with Gasteiger partial charge in [0.2, 0.25) is 0 Å². The average molecular weight is 486 g/mol. The molecule has 1 atom stereocenters. The molecule has 0 saturated heterocycles. The number of amidine groups is 1. The molecule has 0 amide bonds. The smallest absolute Gasteiger partial charge is 0.149 e. The van der Waals surface area contributed by atoms with Crippen LogP contribution in [-0.4, -0.2) is 35.5 Å². The van der Waals surface area contributed by atoms with E-state index in [1.54, 1.807) is 6.20 Å². The van der Waals surface area contributed by atoms with Crippen LogP contribution < -0.4 is 16.4 Å². The first-order valence-electron chi connectivity index (χ1n) is 12.4. The molecule has 0 bridgehead atoms. The molecule has 1 aliphatic rings. The van der Waals surface area contributed by atoms with Gasteiger partial charge in [0.05, 0.1) is 5.69 Å². The molecule has 0 spiro atoms. The normalized spacial score (nSPS) is 15.8. The number of H-pyrrole nitrogens is 1. The number of hydrogen-bond acceptors (Lipinski definition) is 6. The molecule has 1 aromatic carbocycles. The highest BCUT2D eigenvalue weighted by Gasteiger charge is 2.23. The maximum absolute atomic E-state index is 6.32. The van der Waals surface area contributed by atoms with Crippen molar-refractivity contribution >= 4 is 23.9 Å². The summed E-state index contributed by atoms with van der Waals surface area (Å²) in [7, 11) is 0. The Balaban J connectivity index is 1.61. The van der Waals surface area contributed by atoms with Gasteiger partial charge in [-0.3, -0.25) is 4.99 Å². The fraction of sp³-hybridized carbons (Fsp3) is 0.310. The highest BCUT2D eigenvalue weighted by molar-refractivity contribution is 6.04. The maximum atomic E-state index is 6.32. The molecule has 36 heavy (non-hydrogen) atoms. The third kappa shape index (κ3) is 6.78. The highest BCUT2D eigenvalue weighted by Crippen LogP contribution is 2.26. The Bertz CT molecular complexity index is 1200. The van der Waals surface area contributed by atoms with E-state index in [0.717, 1.165) is 59.8 Å². The van der Waals surface area contributed by atoms with E-state index in [2.05, 4.69) is 76.7 Å². The molecule has 0 fully saturated rings. The molecule has 1 aliphatic heterocycles. The number of aromatic nitrogens is 1. The van der Waals surface area contributed by atoms with Gasteiger partial charge in [0, 0.05) is 49.3 Å². The number of nitrogens with zero attached hydrogens (tertiary/aromatic N) is 3. The number of rotatable bonds is 12. The first kappa shape index (κ1) is 26.6. The van der Waals surface area contributed by atoms with Crippen LogP contribution in [0, 0.1) is 19.8 Å². The lowest BCUT2D eigenvalue weighted by molar-refractivity contribution is 0.343. The van der Waals surface area contributed by atoms with Crippen molar-refractivity contribution in [2.45, 2.75) is 40.5 Å². The lowest BCUT2D eigenvalue weighted by atomic mass is 10.0. The minimum absolute atomic E-state index is 0.432. The molecule has 3 rings (SSSR count). The summed E-state index contributed by atoms with van der Waals surface area (Å²) in [6.45, 7) is 18.0. The average Bonchev–Trinajstić information content (AvgIpc) is 3.30. The molecule has 7 nitrogen and oxygen atoms in total. The topological polar surface area (TPSA) is 93.8 Å². The zero-order chi connectivity index (χ0) is 26.1. The van der Waals surface area contributed by atoms with Gasteiger partial charge in [0.15, 0.2) is 0 Å². The fourth-order valence-electron chi connectivity index (χ4n) is 4.09. The molecule has 2 aromatic rings. The zero-order valence-electron chi connectivity index (χ0n) is 21.9. The summed E-state index contributed by atoms with van der Waals surface area (Å²) in [4.78, 5) is 14.0. The second-order valence-electron chi connectivity index (χ2n) is 9.17. The molecule has 0 aliphatic carbocycles. The number of nitrogens with one attached hydrogen (secondary N) is 3. The van der Waals surface area contributed by atoms with Gasteiger partial charge in [-0.15, -0.1) is 0 Å². The number of aryl methyl sites for hydroxylation is 2. The van der Waals surface area contributed by atoms with Crippen molar-refractivity contribution < 1.29 is 0 Å². The molecule has 0 radical (unpaired) electrons. The van der Waals surface area contributed by atoms with Crippen LogP contribution in [-0.2, 0) is 0 Å². The Morgan fingerprint density at radius 1 is 1.31 bits per heavy atom. The Morgan fingerprint density at radius 3 is 2.75 bits per heavy atom. The lowest BCUT2D eigenvalue weighted by Gasteiger charge is -2.30. The molecule has 190 valence electrons. The molecule has 0 saturated carbocycles. The predicted molar refractivity (Wildman–Crippen MR) is 154 cm³/mol. The zero-order valence-corrected chi connectivity index (χ0v) is 21.9. The van der Waals surface area contributed by atoms with Gasteiger partial charge < -0.3 is 26.3 Å². The van der Waals surface area contributed by atoms with Crippen molar-refractivity contribution in [2.75, 3.05) is 18.4 Å². The van der Waals surface area contributed by atoms with E-state index in [9.17, 15) is 0 Å². The van der Waals surface area contributed by atoms with Gasteiger partial charge >= 0.3 is 0 Å². The third-order valence-electron chi connectivity index (χ3n) is 6.44. The summed E-state index contributed by atoms with van der Waals surface area (Å²) in [5, 5.41) is 6.86. The van der Waals surface area contributed by atoms with E-state index in [4.69, 9.17) is 5.73 Å². The van der Waals surface area contributed by atoms with Crippen molar-refractivity contribution in [1.29, 1.82) is 0 Å². The van der Waals surface area contributed by atoms with Crippen LogP contribution in [0.15, 0.2) is 88.7 Å². The Morgan fingerprint density at radius 2 is 2.08 bits per heavy atom. The number of nitrogens with two attached hydrogens (primary N) is 1. The van der Waals surface area contributed by atoms with Crippen LogP contribution in [0.1, 0.15) is 43.5 Å². The van der Waals surface area contributed by atoms with Gasteiger partial charge in [-0.25, -0.2) is 4.99 Å². The Hall–Kier alpha value is -4.00. The number of allylic oxidation sites excluding steroid dienone is 1. The van der Waals surface area contributed by atoms with Crippen LogP contribution in [0.4, 0.5) is 5.69 Å². The van der Waals surface area contributed by atoms with Gasteiger partial charge in [-0.2, -0.15) is 0 Å². The predicted octanol–water partition coefficient (Wildman–Crippen LogP) is 5.68. The lowest BCUT2D eigenvalue weighted by Crippen LogP contribution is -2.35. The summed E-state index contributed by atoms with van der Waals surface area (Å²) < 4.78 is 0. The van der Waals surface area contributed by atoms with Crippen molar-refractivity contribution in [3.05, 3.63) is 95.5 Å². The van der Waals surface area contributed by atoms with Crippen LogP contribution >= 0.6 is 0 Å². The van der Waals surface area contributed by atoms with Crippen LogP contribution in [0.2, 0.25) is 0 Å². The van der Waals surface area contributed by atoms with Crippen LogP contribution in [0.3, 0.4) is 0 Å². The summed E-state index contributed by atoms with van der Waals surface area (Å²) in [6.07, 6.45) is 9.66. The SMILES string of the molecule is C=N/C(=C1/C(N)=NC=CN1CC(CC)CCNC(=C)/C(C)=C/Nc1ccccc1C)c1cc(C)c[nH]1. The second kappa shape index (κ2) is 12.6. The highest BCUT2D eigenvalue weighted by atomic mass is 15.2. The number of anilines is 1. The molecule has 2 heterocycles. The molecular formula is C29H39N7. The molecule has 1 unspecified atom stereocenters. The summed E-state index contributed by atoms with van der Waals surface area (Å²) in [5.41, 5.74) is 14.1. The van der Waals surface area contributed by atoms with Crippen molar-refractivity contribution in [1.82, 2.24) is 15.2 Å². The number of aromatic amines is 1. The molecular weight excluding hydrogens is 446 g/mol. The standard InChI is InChI=1S/C29H39N7/c1-7-24(12-13-32-23(5)22(4)18-35-25-11-9-8-10-21(25)3)19-36-15-14-33-29(30)28(36)27(31-6)26-16-20(2)17-34-26/h8-11,14-18,24,32,34-35H,5-7,12-13,19H2,1-4H3,(H2,30,33)/b22-18+,28-27-. The first-order chi connectivity index (χ1) is 17.3. The molecule has 5 N–H and O–H groups in total. The van der Waals surface area contributed by atoms with E-state index in [1.165, 1.54) is 5.56 Å². The summed E-state index contributed by atoms with van der Waals surface area (Å²) in [5.74, 6) is 0.872. The van der Waals surface area contributed by atoms with E-state index in [1.807, 2.05) is 43.7 Å². The third-order valence-corrected chi connectivity index (χ3v) is 6.44. The Labute approximate surface area is 215 Å². The maximum Gasteiger partial charge on any atom is 0.149 e. The first-order valence-corrected chi connectivity index (χ1v) is 12.4. The van der Waals surface area contributed by atoms with E-state index in [-0.39, 0.29) is 0 Å². The van der Waals surface area contributed by atoms with E-state index >= 15 is 0 Å². The van der Waals surface area contributed by atoms with Gasteiger partial charge in [-0.05, 0) is 68.7 Å². The van der Waals surface area contributed by atoms with Gasteiger partial charge in [-0.1, -0.05) is 38.1 Å². The monoisotopic (exact) mass is 485 g/mol. The number of hydrogen-bond donors (Lipinski definition) is 4. The molecule has 7 heteroatoms. The second-order valence-corrected chi connectivity index (χ2v) is 9.17. The summed E-state index contributed by atoms with van der Waals surface area (Å²) in [6, 6.07) is 10.3. The van der Waals surface area contributed by atoms with E-state index < -0.39 is 0 Å². The van der Waals surface area contributed by atoms with Crippen molar-refractivity contribution in [3.63, 3.8) is 0 Å².